The van der Waals surface area contributed by atoms with E-state index in [0.29, 0.717) is 16.9 Å². The van der Waals surface area contributed by atoms with Gasteiger partial charge in [0.15, 0.2) is 0 Å². The molecule has 9 heteroatoms. The zero-order valence-corrected chi connectivity index (χ0v) is 18.6. The first-order valence-corrected chi connectivity index (χ1v) is 12.2. The number of sulfonamides is 2. The number of nitrogens with zero attached hydrogens (tertiary/aromatic N) is 2. The van der Waals surface area contributed by atoms with Gasteiger partial charge in [-0.15, -0.1) is 0 Å². The lowest BCUT2D eigenvalue weighted by Crippen LogP contribution is -2.35. The van der Waals surface area contributed by atoms with Gasteiger partial charge in [-0.25, -0.2) is 16.8 Å². The van der Waals surface area contributed by atoms with Crippen LogP contribution in [-0.2, 0) is 20.0 Å². The van der Waals surface area contributed by atoms with Crippen LogP contribution in [0.25, 0.3) is 11.3 Å². The van der Waals surface area contributed by atoms with E-state index in [-0.39, 0.29) is 36.0 Å². The van der Waals surface area contributed by atoms with Gasteiger partial charge in [0.1, 0.15) is 15.6 Å². The van der Waals surface area contributed by atoms with Crippen LogP contribution in [-0.4, -0.2) is 51.6 Å². The normalized spacial score (nSPS) is 12.8. The van der Waals surface area contributed by atoms with Crippen LogP contribution in [0.15, 0.2) is 44.7 Å². The fraction of sp³-hybridized carbons (Fsp3) is 0.474. The third-order valence-electron chi connectivity index (χ3n) is 4.72. The van der Waals surface area contributed by atoms with Crippen LogP contribution in [0, 0.1) is 6.92 Å². The molecule has 28 heavy (non-hydrogen) atoms. The maximum Gasteiger partial charge on any atom is 0.244 e. The Kier molecular flexibility index (Phi) is 7.08. The molecule has 0 saturated heterocycles. The Morgan fingerprint density at radius 2 is 1.29 bits per heavy atom. The lowest BCUT2D eigenvalue weighted by atomic mass is 10.1. The average Bonchev–Trinajstić information content (AvgIpc) is 3.17. The van der Waals surface area contributed by atoms with Crippen molar-refractivity contribution in [1.29, 1.82) is 0 Å². The maximum absolute atomic E-state index is 13.3. The molecule has 2 aromatic rings. The van der Waals surface area contributed by atoms with Crippen LogP contribution >= 0.6 is 0 Å². The molecule has 0 spiro atoms. The monoisotopic (exact) mass is 428 g/mol. The minimum atomic E-state index is -4.01. The highest BCUT2D eigenvalue weighted by Crippen LogP contribution is 2.34. The van der Waals surface area contributed by atoms with Crippen molar-refractivity contribution >= 4 is 20.0 Å². The summed E-state index contributed by atoms with van der Waals surface area (Å²) < 4.78 is 61.0. The summed E-state index contributed by atoms with van der Waals surface area (Å²) in [5.41, 5.74) is 1.17. The van der Waals surface area contributed by atoms with Gasteiger partial charge in [0, 0.05) is 31.7 Å². The van der Waals surface area contributed by atoms with Crippen LogP contribution in [0.3, 0.4) is 0 Å². The highest BCUT2D eigenvalue weighted by atomic mass is 32.2. The number of hydrogen-bond acceptors (Lipinski definition) is 5. The summed E-state index contributed by atoms with van der Waals surface area (Å²) >= 11 is 0. The molecular formula is C19H28N2O5S2. The molecule has 0 aliphatic rings. The van der Waals surface area contributed by atoms with E-state index >= 15 is 0 Å². The number of aryl methyl sites for hydroxylation is 1. The van der Waals surface area contributed by atoms with E-state index in [4.69, 9.17) is 4.42 Å². The van der Waals surface area contributed by atoms with E-state index < -0.39 is 20.0 Å². The maximum atomic E-state index is 13.3. The number of rotatable bonds is 9. The first kappa shape index (κ1) is 22.6. The zero-order chi connectivity index (χ0) is 21.1. The quantitative estimate of drug-likeness (QED) is 0.611. The van der Waals surface area contributed by atoms with Gasteiger partial charge in [0.25, 0.3) is 0 Å². The minimum Gasteiger partial charge on any atom is -0.464 e. The van der Waals surface area contributed by atoms with E-state index in [9.17, 15) is 16.8 Å². The molecule has 0 aliphatic heterocycles. The van der Waals surface area contributed by atoms with Crippen molar-refractivity contribution in [3.05, 3.63) is 36.1 Å². The molecule has 2 rings (SSSR count). The number of benzene rings is 1. The lowest BCUT2D eigenvalue weighted by Gasteiger charge is -2.24. The van der Waals surface area contributed by atoms with Crippen molar-refractivity contribution in [3.63, 3.8) is 0 Å². The van der Waals surface area contributed by atoms with Crippen molar-refractivity contribution in [2.24, 2.45) is 0 Å². The largest absolute Gasteiger partial charge is 0.464 e. The SMILES string of the molecule is CCN(CC)S(=O)(=O)c1cc(C)c(-c2ccco2)cc1S(=O)(=O)N(CC)CC. The van der Waals surface area contributed by atoms with Gasteiger partial charge < -0.3 is 4.42 Å². The molecule has 0 amide bonds. The second kappa shape index (κ2) is 8.77. The summed E-state index contributed by atoms with van der Waals surface area (Å²) in [4.78, 5) is -0.420. The molecule has 0 saturated carbocycles. The van der Waals surface area contributed by atoms with E-state index in [0.717, 1.165) is 0 Å². The molecule has 0 unspecified atom stereocenters. The second-order valence-electron chi connectivity index (χ2n) is 6.27. The molecule has 0 aliphatic carbocycles. The van der Waals surface area contributed by atoms with E-state index in [2.05, 4.69) is 0 Å². The van der Waals surface area contributed by atoms with Gasteiger partial charge in [-0.1, -0.05) is 27.7 Å². The lowest BCUT2D eigenvalue weighted by molar-refractivity contribution is 0.434. The average molecular weight is 429 g/mol. The van der Waals surface area contributed by atoms with E-state index in [1.165, 1.54) is 27.0 Å². The third kappa shape index (κ3) is 4.03. The van der Waals surface area contributed by atoms with Gasteiger partial charge in [0.05, 0.1) is 6.26 Å². The van der Waals surface area contributed by atoms with Crippen LogP contribution in [0.2, 0.25) is 0 Å². The Balaban J connectivity index is 2.87. The molecule has 0 atom stereocenters. The topological polar surface area (TPSA) is 87.9 Å². The molecule has 1 aromatic carbocycles. The predicted molar refractivity (Wildman–Crippen MR) is 109 cm³/mol. The molecule has 0 fully saturated rings. The van der Waals surface area contributed by atoms with Crippen LogP contribution < -0.4 is 0 Å². The van der Waals surface area contributed by atoms with Crippen LogP contribution in [0.4, 0.5) is 0 Å². The fourth-order valence-electron chi connectivity index (χ4n) is 3.17. The summed E-state index contributed by atoms with van der Waals surface area (Å²) in [7, 11) is -7.99. The number of furan rings is 1. The molecule has 156 valence electrons. The Morgan fingerprint density at radius 3 is 1.68 bits per heavy atom. The third-order valence-corrected chi connectivity index (χ3v) is 9.03. The molecule has 1 heterocycles. The first-order chi connectivity index (χ1) is 13.1. The Labute approximate surface area is 168 Å². The second-order valence-corrected chi connectivity index (χ2v) is 10.1. The van der Waals surface area contributed by atoms with Gasteiger partial charge in [-0.2, -0.15) is 8.61 Å². The molecule has 7 nitrogen and oxygen atoms in total. The Hall–Kier alpha value is -1.68. The summed E-state index contributed by atoms with van der Waals surface area (Å²) in [5.74, 6) is 0.486. The molecule has 0 N–H and O–H groups in total. The smallest absolute Gasteiger partial charge is 0.244 e. The summed E-state index contributed by atoms with van der Waals surface area (Å²) in [6, 6.07) is 6.27. The van der Waals surface area contributed by atoms with Gasteiger partial charge in [-0.05, 0) is 36.8 Å². The minimum absolute atomic E-state index is 0.198. The summed E-state index contributed by atoms with van der Waals surface area (Å²) in [6.45, 7) is 9.63. The molecule has 0 bridgehead atoms. The van der Waals surface area contributed by atoms with Crippen LogP contribution in [0.1, 0.15) is 33.3 Å². The van der Waals surface area contributed by atoms with Crippen molar-refractivity contribution < 1.29 is 21.3 Å². The number of hydrogen-bond donors (Lipinski definition) is 0. The van der Waals surface area contributed by atoms with Crippen LogP contribution in [0.5, 0.6) is 0 Å². The van der Waals surface area contributed by atoms with Crippen molar-refractivity contribution in [1.82, 2.24) is 8.61 Å². The van der Waals surface area contributed by atoms with E-state index in [1.54, 1.807) is 46.8 Å². The van der Waals surface area contributed by atoms with Crippen molar-refractivity contribution in [2.45, 2.75) is 44.4 Å². The van der Waals surface area contributed by atoms with Crippen molar-refractivity contribution in [3.8, 4) is 11.3 Å². The van der Waals surface area contributed by atoms with Gasteiger partial charge in [-0.3, -0.25) is 0 Å². The summed E-state index contributed by atoms with van der Waals surface area (Å²) in [6.07, 6.45) is 1.49. The standard InChI is InChI=1S/C19H28N2O5S2/c1-6-20(7-2)27(22,23)18-13-15(5)16(17-11-10-12-26-17)14-19(18)28(24,25)21(8-3)9-4/h10-14H,6-9H2,1-5H3. The highest BCUT2D eigenvalue weighted by molar-refractivity contribution is 7.92. The first-order valence-electron chi connectivity index (χ1n) is 9.33. The summed E-state index contributed by atoms with van der Waals surface area (Å²) in [5, 5.41) is 0. The Morgan fingerprint density at radius 1 is 0.821 bits per heavy atom. The highest BCUT2D eigenvalue weighted by Gasteiger charge is 2.34. The fourth-order valence-corrected chi connectivity index (χ4v) is 6.93. The zero-order valence-electron chi connectivity index (χ0n) is 17.0. The van der Waals surface area contributed by atoms with Gasteiger partial charge in [0.2, 0.25) is 20.0 Å². The van der Waals surface area contributed by atoms with Gasteiger partial charge >= 0.3 is 0 Å². The molecule has 0 radical (unpaired) electrons. The molecular weight excluding hydrogens is 400 g/mol. The van der Waals surface area contributed by atoms with E-state index in [1.807, 2.05) is 0 Å². The molecule has 1 aromatic heterocycles. The predicted octanol–water partition coefficient (Wildman–Crippen LogP) is 3.32. The Bertz CT molecular complexity index is 1000. The van der Waals surface area contributed by atoms with Crippen molar-refractivity contribution in [2.75, 3.05) is 26.2 Å².